The Bertz CT molecular complexity index is 587. The standard InChI is InChI=1S/C11H18N6O/c1-7(5-12-3)6-13-9-4-10-15-16-11(18)17(10)8(2)14-9/h4,7,12-13H,5-6H2,1-3H3,(H,16,18). The zero-order valence-electron chi connectivity index (χ0n) is 10.8. The molecule has 0 radical (unpaired) electrons. The highest BCUT2D eigenvalue weighted by molar-refractivity contribution is 5.49. The zero-order valence-corrected chi connectivity index (χ0v) is 10.8. The van der Waals surface area contributed by atoms with Gasteiger partial charge in [-0.2, -0.15) is 5.10 Å². The highest BCUT2D eigenvalue weighted by Crippen LogP contribution is 2.08. The minimum absolute atomic E-state index is 0.259. The second-order valence-electron chi connectivity index (χ2n) is 4.45. The SMILES string of the molecule is CNCC(C)CNc1cc2n[nH]c(=O)n2c(C)n1. The Morgan fingerprint density at radius 2 is 2.28 bits per heavy atom. The van der Waals surface area contributed by atoms with Gasteiger partial charge in [0.25, 0.3) is 0 Å². The molecule has 0 spiro atoms. The molecule has 0 saturated carbocycles. The Hall–Kier alpha value is -1.89. The van der Waals surface area contributed by atoms with Crippen molar-refractivity contribution in [2.75, 3.05) is 25.5 Å². The van der Waals surface area contributed by atoms with E-state index in [0.29, 0.717) is 17.4 Å². The van der Waals surface area contributed by atoms with Gasteiger partial charge in [0.15, 0.2) is 5.65 Å². The zero-order chi connectivity index (χ0) is 13.1. The van der Waals surface area contributed by atoms with E-state index in [1.54, 1.807) is 13.0 Å². The van der Waals surface area contributed by atoms with Crippen molar-refractivity contribution in [3.63, 3.8) is 0 Å². The molecule has 2 aromatic heterocycles. The molecule has 1 unspecified atom stereocenters. The normalized spacial score (nSPS) is 12.8. The van der Waals surface area contributed by atoms with Crippen molar-refractivity contribution in [1.82, 2.24) is 24.9 Å². The summed E-state index contributed by atoms with van der Waals surface area (Å²) in [7, 11) is 1.93. The summed E-state index contributed by atoms with van der Waals surface area (Å²) < 4.78 is 1.45. The van der Waals surface area contributed by atoms with Crippen molar-refractivity contribution in [3.05, 3.63) is 22.4 Å². The lowest BCUT2D eigenvalue weighted by Gasteiger charge is -2.12. The summed E-state index contributed by atoms with van der Waals surface area (Å²) in [4.78, 5) is 15.8. The van der Waals surface area contributed by atoms with E-state index in [4.69, 9.17) is 0 Å². The van der Waals surface area contributed by atoms with Gasteiger partial charge in [-0.1, -0.05) is 6.92 Å². The number of aromatic nitrogens is 4. The van der Waals surface area contributed by atoms with Gasteiger partial charge >= 0.3 is 5.69 Å². The number of aryl methyl sites for hydroxylation is 1. The molecule has 0 amide bonds. The number of nitrogens with zero attached hydrogens (tertiary/aromatic N) is 3. The smallest absolute Gasteiger partial charge is 0.349 e. The van der Waals surface area contributed by atoms with Crippen molar-refractivity contribution in [2.24, 2.45) is 5.92 Å². The molecular formula is C11H18N6O. The van der Waals surface area contributed by atoms with Gasteiger partial charge in [-0.25, -0.2) is 19.3 Å². The summed E-state index contributed by atoms with van der Waals surface area (Å²) in [6, 6.07) is 1.76. The van der Waals surface area contributed by atoms with Gasteiger partial charge < -0.3 is 10.6 Å². The van der Waals surface area contributed by atoms with Gasteiger partial charge in [-0.3, -0.25) is 0 Å². The third-order valence-electron chi connectivity index (χ3n) is 2.75. The van der Waals surface area contributed by atoms with Crippen LogP contribution in [0.2, 0.25) is 0 Å². The summed E-state index contributed by atoms with van der Waals surface area (Å²) in [5.41, 5.74) is 0.321. The van der Waals surface area contributed by atoms with E-state index in [-0.39, 0.29) is 5.69 Å². The fraction of sp³-hybridized carbons (Fsp3) is 0.545. The van der Waals surface area contributed by atoms with Crippen LogP contribution in [0.5, 0.6) is 0 Å². The van der Waals surface area contributed by atoms with Crippen LogP contribution < -0.4 is 16.3 Å². The van der Waals surface area contributed by atoms with Crippen LogP contribution in [0.15, 0.2) is 10.9 Å². The Balaban J connectivity index is 2.17. The van der Waals surface area contributed by atoms with E-state index >= 15 is 0 Å². The number of H-pyrrole nitrogens is 1. The second-order valence-corrected chi connectivity index (χ2v) is 4.45. The molecule has 0 aliphatic heterocycles. The molecule has 0 saturated heterocycles. The van der Waals surface area contributed by atoms with Crippen LogP contribution in [-0.4, -0.2) is 39.7 Å². The minimum atomic E-state index is -0.259. The first-order valence-corrected chi connectivity index (χ1v) is 5.95. The van der Waals surface area contributed by atoms with Crippen LogP contribution in [0.4, 0.5) is 5.82 Å². The Morgan fingerprint density at radius 1 is 1.50 bits per heavy atom. The van der Waals surface area contributed by atoms with Crippen LogP contribution in [0, 0.1) is 12.8 Å². The summed E-state index contributed by atoms with van der Waals surface area (Å²) in [5, 5.41) is 12.7. The van der Waals surface area contributed by atoms with Gasteiger partial charge in [-0.15, -0.1) is 0 Å². The van der Waals surface area contributed by atoms with Crippen LogP contribution in [-0.2, 0) is 0 Å². The predicted octanol–water partition coefficient (Wildman–Crippen LogP) is -0.00658. The van der Waals surface area contributed by atoms with Gasteiger partial charge in [-0.05, 0) is 26.4 Å². The fourth-order valence-corrected chi connectivity index (χ4v) is 1.89. The van der Waals surface area contributed by atoms with E-state index < -0.39 is 0 Å². The van der Waals surface area contributed by atoms with Crippen molar-refractivity contribution in [2.45, 2.75) is 13.8 Å². The molecule has 98 valence electrons. The van der Waals surface area contributed by atoms with Gasteiger partial charge in [0.2, 0.25) is 0 Å². The summed E-state index contributed by atoms with van der Waals surface area (Å²) in [5.74, 6) is 1.85. The number of fused-ring (bicyclic) bond motifs is 1. The van der Waals surface area contributed by atoms with Crippen molar-refractivity contribution in [1.29, 1.82) is 0 Å². The maximum atomic E-state index is 11.4. The van der Waals surface area contributed by atoms with E-state index in [1.807, 2.05) is 7.05 Å². The Kier molecular flexibility index (Phi) is 3.61. The van der Waals surface area contributed by atoms with Crippen molar-refractivity contribution < 1.29 is 0 Å². The largest absolute Gasteiger partial charge is 0.370 e. The third kappa shape index (κ3) is 2.51. The number of anilines is 1. The summed E-state index contributed by atoms with van der Waals surface area (Å²) in [6.45, 7) is 5.69. The average molecular weight is 250 g/mol. The molecule has 0 aromatic carbocycles. The molecular weight excluding hydrogens is 232 g/mol. The molecule has 0 aliphatic rings. The van der Waals surface area contributed by atoms with Gasteiger partial charge in [0.05, 0.1) is 0 Å². The summed E-state index contributed by atoms with van der Waals surface area (Å²) >= 11 is 0. The number of rotatable bonds is 5. The molecule has 0 aliphatic carbocycles. The fourth-order valence-electron chi connectivity index (χ4n) is 1.89. The molecule has 18 heavy (non-hydrogen) atoms. The first kappa shape index (κ1) is 12.6. The lowest BCUT2D eigenvalue weighted by molar-refractivity contribution is 0.568. The van der Waals surface area contributed by atoms with E-state index in [2.05, 4.69) is 32.7 Å². The molecule has 3 N–H and O–H groups in total. The first-order chi connectivity index (χ1) is 8.61. The number of hydrogen-bond donors (Lipinski definition) is 3. The number of aromatic amines is 1. The van der Waals surface area contributed by atoms with E-state index in [1.165, 1.54) is 4.40 Å². The molecule has 7 nitrogen and oxygen atoms in total. The maximum absolute atomic E-state index is 11.4. The van der Waals surface area contributed by atoms with Gasteiger partial charge in [0.1, 0.15) is 11.6 Å². The molecule has 2 aromatic rings. The van der Waals surface area contributed by atoms with Crippen LogP contribution in [0.1, 0.15) is 12.7 Å². The molecule has 0 bridgehead atoms. The van der Waals surface area contributed by atoms with Crippen LogP contribution >= 0.6 is 0 Å². The van der Waals surface area contributed by atoms with Crippen LogP contribution in [0.3, 0.4) is 0 Å². The molecule has 1 atom stereocenters. The van der Waals surface area contributed by atoms with E-state index in [9.17, 15) is 4.79 Å². The molecule has 2 rings (SSSR count). The van der Waals surface area contributed by atoms with Crippen molar-refractivity contribution in [3.8, 4) is 0 Å². The highest BCUT2D eigenvalue weighted by Gasteiger charge is 2.07. The molecule has 7 heteroatoms. The van der Waals surface area contributed by atoms with E-state index in [0.717, 1.165) is 18.9 Å². The maximum Gasteiger partial charge on any atom is 0.349 e. The number of hydrogen-bond acceptors (Lipinski definition) is 5. The quantitative estimate of drug-likeness (QED) is 0.695. The van der Waals surface area contributed by atoms with Crippen LogP contribution in [0.25, 0.3) is 5.65 Å². The second kappa shape index (κ2) is 5.18. The lowest BCUT2D eigenvalue weighted by Crippen LogP contribution is -2.23. The Morgan fingerprint density at radius 3 is 3.00 bits per heavy atom. The summed E-state index contributed by atoms with van der Waals surface area (Å²) in [6.07, 6.45) is 0. The highest BCUT2D eigenvalue weighted by atomic mass is 16.1. The van der Waals surface area contributed by atoms with Gasteiger partial charge in [0, 0.05) is 12.6 Å². The van der Waals surface area contributed by atoms with Crippen molar-refractivity contribution >= 4 is 11.5 Å². The Labute approximate surface area is 105 Å². The molecule has 0 fully saturated rings. The first-order valence-electron chi connectivity index (χ1n) is 5.95. The third-order valence-corrected chi connectivity index (χ3v) is 2.75. The monoisotopic (exact) mass is 250 g/mol. The average Bonchev–Trinajstić information content (AvgIpc) is 2.69. The lowest BCUT2D eigenvalue weighted by atomic mass is 10.2. The predicted molar refractivity (Wildman–Crippen MR) is 69.9 cm³/mol. The number of nitrogens with one attached hydrogen (secondary N) is 3. The minimum Gasteiger partial charge on any atom is -0.370 e. The molecule has 2 heterocycles. The topological polar surface area (TPSA) is 87.1 Å².